The SMILES string of the molecule is CC(O)CCNC(=O)Nc1ccc2oc(N(C)C)nc2c1. The molecule has 0 saturated carbocycles. The molecule has 0 aliphatic rings. The molecule has 7 heteroatoms. The third kappa shape index (κ3) is 4.09. The lowest BCUT2D eigenvalue weighted by Gasteiger charge is -2.08. The van der Waals surface area contributed by atoms with E-state index in [0.29, 0.717) is 35.8 Å². The van der Waals surface area contributed by atoms with Crippen LogP contribution in [0.15, 0.2) is 22.6 Å². The van der Waals surface area contributed by atoms with Gasteiger partial charge in [0.2, 0.25) is 0 Å². The van der Waals surface area contributed by atoms with E-state index < -0.39 is 6.10 Å². The molecule has 0 bridgehead atoms. The van der Waals surface area contributed by atoms with Gasteiger partial charge in [0, 0.05) is 26.3 Å². The molecule has 114 valence electrons. The van der Waals surface area contributed by atoms with Crippen molar-refractivity contribution in [2.24, 2.45) is 0 Å². The number of aliphatic hydroxyl groups excluding tert-OH is 1. The van der Waals surface area contributed by atoms with Crippen LogP contribution in [-0.4, -0.2) is 42.9 Å². The molecule has 0 aliphatic carbocycles. The number of aromatic nitrogens is 1. The summed E-state index contributed by atoms with van der Waals surface area (Å²) in [4.78, 5) is 17.8. The number of aliphatic hydroxyl groups is 1. The molecule has 0 aliphatic heterocycles. The van der Waals surface area contributed by atoms with Crippen molar-refractivity contribution in [1.29, 1.82) is 0 Å². The van der Waals surface area contributed by atoms with Crippen LogP contribution in [0.2, 0.25) is 0 Å². The largest absolute Gasteiger partial charge is 0.423 e. The highest BCUT2D eigenvalue weighted by atomic mass is 16.4. The number of benzene rings is 1. The number of nitrogens with one attached hydrogen (secondary N) is 2. The van der Waals surface area contributed by atoms with Crippen molar-refractivity contribution < 1.29 is 14.3 Å². The highest BCUT2D eigenvalue weighted by Crippen LogP contribution is 2.23. The zero-order valence-corrected chi connectivity index (χ0v) is 12.4. The minimum Gasteiger partial charge on any atom is -0.423 e. The second kappa shape index (κ2) is 6.45. The van der Waals surface area contributed by atoms with Gasteiger partial charge < -0.3 is 25.1 Å². The van der Waals surface area contributed by atoms with Gasteiger partial charge in [0.15, 0.2) is 5.58 Å². The monoisotopic (exact) mass is 292 g/mol. The van der Waals surface area contributed by atoms with Gasteiger partial charge in [-0.2, -0.15) is 4.98 Å². The van der Waals surface area contributed by atoms with Crippen LogP contribution in [0.3, 0.4) is 0 Å². The van der Waals surface area contributed by atoms with E-state index >= 15 is 0 Å². The van der Waals surface area contributed by atoms with Crippen LogP contribution in [0.5, 0.6) is 0 Å². The number of urea groups is 1. The fraction of sp³-hybridized carbons (Fsp3) is 0.429. The Balaban J connectivity index is 2.00. The number of anilines is 2. The van der Waals surface area contributed by atoms with Crippen LogP contribution in [0.25, 0.3) is 11.1 Å². The lowest BCUT2D eigenvalue weighted by molar-refractivity contribution is 0.184. The maximum atomic E-state index is 11.7. The predicted molar refractivity (Wildman–Crippen MR) is 81.7 cm³/mol. The maximum Gasteiger partial charge on any atom is 0.319 e. The fourth-order valence-corrected chi connectivity index (χ4v) is 1.75. The van der Waals surface area contributed by atoms with Gasteiger partial charge in [-0.15, -0.1) is 0 Å². The molecule has 1 unspecified atom stereocenters. The zero-order chi connectivity index (χ0) is 15.4. The zero-order valence-electron chi connectivity index (χ0n) is 12.4. The molecular formula is C14H20N4O3. The summed E-state index contributed by atoms with van der Waals surface area (Å²) < 4.78 is 5.54. The average molecular weight is 292 g/mol. The maximum absolute atomic E-state index is 11.7. The molecule has 1 heterocycles. The molecule has 1 atom stereocenters. The molecule has 2 aromatic rings. The first-order chi connectivity index (χ1) is 9.95. The summed E-state index contributed by atoms with van der Waals surface area (Å²) >= 11 is 0. The van der Waals surface area contributed by atoms with Gasteiger partial charge in [-0.05, 0) is 31.5 Å². The summed E-state index contributed by atoms with van der Waals surface area (Å²) in [6.07, 6.45) is 0.0864. The van der Waals surface area contributed by atoms with Crippen molar-refractivity contribution in [3.05, 3.63) is 18.2 Å². The van der Waals surface area contributed by atoms with E-state index in [-0.39, 0.29) is 6.03 Å². The Bertz CT molecular complexity index is 622. The number of hydrogen-bond donors (Lipinski definition) is 3. The van der Waals surface area contributed by atoms with Gasteiger partial charge in [-0.25, -0.2) is 4.79 Å². The predicted octanol–water partition coefficient (Wildman–Crippen LogP) is 1.79. The van der Waals surface area contributed by atoms with Gasteiger partial charge in [0.25, 0.3) is 6.01 Å². The molecule has 3 N–H and O–H groups in total. The van der Waals surface area contributed by atoms with Gasteiger partial charge in [-0.1, -0.05) is 0 Å². The summed E-state index contributed by atoms with van der Waals surface area (Å²) in [5.41, 5.74) is 1.98. The number of oxazole rings is 1. The third-order valence-electron chi connectivity index (χ3n) is 2.86. The fourth-order valence-electron chi connectivity index (χ4n) is 1.75. The van der Waals surface area contributed by atoms with Gasteiger partial charge in [-0.3, -0.25) is 0 Å². The average Bonchev–Trinajstić information content (AvgIpc) is 2.81. The van der Waals surface area contributed by atoms with E-state index in [1.165, 1.54) is 0 Å². The number of carbonyl (C=O) groups is 1. The van der Waals surface area contributed by atoms with Crippen molar-refractivity contribution in [3.63, 3.8) is 0 Å². The standard InChI is InChI=1S/C14H20N4O3/c1-9(19)6-7-15-13(20)16-10-4-5-12-11(8-10)17-14(21-12)18(2)3/h4-5,8-9,19H,6-7H2,1-3H3,(H2,15,16,20). The Hall–Kier alpha value is -2.28. The molecule has 0 fully saturated rings. The Labute approximate surface area is 122 Å². The quantitative estimate of drug-likeness (QED) is 0.781. The Kier molecular flexibility index (Phi) is 4.64. The molecular weight excluding hydrogens is 272 g/mol. The summed E-state index contributed by atoms with van der Waals surface area (Å²) in [6.45, 7) is 2.10. The van der Waals surface area contributed by atoms with Crippen molar-refractivity contribution >= 4 is 28.8 Å². The number of rotatable bonds is 5. The molecule has 0 saturated heterocycles. The van der Waals surface area contributed by atoms with Crippen molar-refractivity contribution in [2.75, 3.05) is 30.9 Å². The smallest absolute Gasteiger partial charge is 0.319 e. The molecule has 0 spiro atoms. The molecule has 2 rings (SSSR count). The summed E-state index contributed by atoms with van der Waals surface area (Å²) in [6, 6.07) is 5.47. The highest BCUT2D eigenvalue weighted by molar-refractivity contribution is 5.91. The van der Waals surface area contributed by atoms with Gasteiger partial charge >= 0.3 is 6.03 Å². The minimum absolute atomic E-state index is 0.314. The third-order valence-corrected chi connectivity index (χ3v) is 2.86. The van der Waals surface area contributed by atoms with Crippen LogP contribution in [0, 0.1) is 0 Å². The topological polar surface area (TPSA) is 90.6 Å². The van der Waals surface area contributed by atoms with Crippen molar-refractivity contribution in [2.45, 2.75) is 19.4 Å². The molecule has 7 nitrogen and oxygen atoms in total. The highest BCUT2D eigenvalue weighted by Gasteiger charge is 2.09. The van der Waals surface area contributed by atoms with E-state index in [0.717, 1.165) is 0 Å². The lowest BCUT2D eigenvalue weighted by Crippen LogP contribution is -2.30. The minimum atomic E-state index is -0.429. The second-order valence-corrected chi connectivity index (χ2v) is 5.09. The van der Waals surface area contributed by atoms with E-state index in [4.69, 9.17) is 9.52 Å². The summed E-state index contributed by atoms with van der Waals surface area (Å²) in [5, 5.41) is 14.5. The van der Waals surface area contributed by atoms with Crippen molar-refractivity contribution in [3.8, 4) is 0 Å². The summed E-state index contributed by atoms with van der Waals surface area (Å²) in [5.74, 6) is 0. The molecule has 1 aromatic heterocycles. The lowest BCUT2D eigenvalue weighted by atomic mass is 10.3. The number of nitrogens with zero attached hydrogens (tertiary/aromatic N) is 2. The number of hydrogen-bond acceptors (Lipinski definition) is 5. The van der Waals surface area contributed by atoms with E-state index in [9.17, 15) is 4.79 Å². The Morgan fingerprint density at radius 2 is 2.24 bits per heavy atom. The first-order valence-electron chi connectivity index (χ1n) is 6.76. The van der Waals surface area contributed by atoms with E-state index in [1.807, 2.05) is 14.1 Å². The number of amides is 2. The van der Waals surface area contributed by atoms with Gasteiger partial charge in [0.05, 0.1) is 6.10 Å². The second-order valence-electron chi connectivity index (χ2n) is 5.09. The van der Waals surface area contributed by atoms with Gasteiger partial charge in [0.1, 0.15) is 5.52 Å². The molecule has 21 heavy (non-hydrogen) atoms. The normalized spacial score (nSPS) is 12.2. The van der Waals surface area contributed by atoms with E-state index in [1.54, 1.807) is 30.0 Å². The van der Waals surface area contributed by atoms with E-state index in [2.05, 4.69) is 15.6 Å². The number of fused-ring (bicyclic) bond motifs is 1. The summed E-state index contributed by atoms with van der Waals surface area (Å²) in [7, 11) is 3.69. The van der Waals surface area contributed by atoms with Crippen LogP contribution in [0.4, 0.5) is 16.5 Å². The first-order valence-corrected chi connectivity index (χ1v) is 6.76. The van der Waals surface area contributed by atoms with Crippen LogP contribution in [0.1, 0.15) is 13.3 Å². The van der Waals surface area contributed by atoms with Crippen LogP contribution in [-0.2, 0) is 0 Å². The van der Waals surface area contributed by atoms with Crippen LogP contribution < -0.4 is 15.5 Å². The molecule has 1 aromatic carbocycles. The molecule has 0 radical (unpaired) electrons. The Morgan fingerprint density at radius 1 is 1.48 bits per heavy atom. The number of carbonyl (C=O) groups excluding carboxylic acids is 1. The van der Waals surface area contributed by atoms with Crippen LogP contribution >= 0.6 is 0 Å². The van der Waals surface area contributed by atoms with Crippen molar-refractivity contribution in [1.82, 2.24) is 10.3 Å². The first kappa shape index (κ1) is 15.1. The Morgan fingerprint density at radius 3 is 2.90 bits per heavy atom. The molecule has 2 amide bonds.